The van der Waals surface area contributed by atoms with Gasteiger partial charge in [-0.05, 0) is 49.4 Å². The number of benzene rings is 2. The highest BCUT2D eigenvalue weighted by molar-refractivity contribution is 6.12. The lowest BCUT2D eigenvalue weighted by Crippen LogP contribution is -2.15. The molecule has 2 aromatic carbocycles. The van der Waals surface area contributed by atoms with Crippen LogP contribution in [-0.4, -0.2) is 10.9 Å². The number of para-hydroxylation sites is 2. The first-order valence-corrected chi connectivity index (χ1v) is 8.97. The molecule has 1 aromatic heterocycles. The highest BCUT2D eigenvalue weighted by Gasteiger charge is 2.27. The first kappa shape index (κ1) is 15.8. The lowest BCUT2D eigenvalue weighted by Gasteiger charge is -2.14. The molecule has 25 heavy (non-hydrogen) atoms. The molecule has 0 aliphatic heterocycles. The van der Waals surface area contributed by atoms with Crippen molar-refractivity contribution in [3.8, 4) is 0 Å². The molecule has 1 aliphatic carbocycles. The zero-order valence-corrected chi connectivity index (χ0v) is 14.7. The van der Waals surface area contributed by atoms with E-state index < -0.39 is 0 Å². The van der Waals surface area contributed by atoms with Crippen LogP contribution in [0.4, 0.5) is 5.69 Å². The number of aromatic nitrogens is 1. The Kier molecular flexibility index (Phi) is 4.00. The molecule has 0 saturated heterocycles. The summed E-state index contributed by atoms with van der Waals surface area (Å²) in [6.45, 7) is 4.15. The zero-order chi connectivity index (χ0) is 17.4. The Bertz CT molecular complexity index is 957. The van der Waals surface area contributed by atoms with Gasteiger partial charge in [0.25, 0.3) is 5.91 Å². The van der Waals surface area contributed by atoms with Gasteiger partial charge in [0, 0.05) is 22.7 Å². The predicted molar refractivity (Wildman–Crippen MR) is 102 cm³/mol. The van der Waals surface area contributed by atoms with Gasteiger partial charge in [-0.15, -0.1) is 0 Å². The van der Waals surface area contributed by atoms with Crippen molar-refractivity contribution in [1.29, 1.82) is 0 Å². The molecule has 1 saturated carbocycles. The Labute approximate surface area is 148 Å². The maximum atomic E-state index is 13.1. The molecule has 0 unspecified atom stereocenters. The number of hydrogen-bond acceptors (Lipinski definition) is 2. The first-order valence-electron chi connectivity index (χ1n) is 8.97. The van der Waals surface area contributed by atoms with E-state index in [1.807, 2.05) is 49.4 Å². The topological polar surface area (TPSA) is 42.0 Å². The van der Waals surface area contributed by atoms with Crippen LogP contribution in [0.5, 0.6) is 0 Å². The van der Waals surface area contributed by atoms with E-state index in [0.717, 1.165) is 45.4 Å². The summed E-state index contributed by atoms with van der Waals surface area (Å²) in [5.74, 6) is 0.463. The maximum Gasteiger partial charge on any atom is 0.256 e. The summed E-state index contributed by atoms with van der Waals surface area (Å²) in [5.41, 5.74) is 5.85. The fourth-order valence-corrected chi connectivity index (χ4v) is 3.35. The molecule has 126 valence electrons. The van der Waals surface area contributed by atoms with Crippen LogP contribution in [0.15, 0.2) is 48.5 Å². The predicted octanol–water partition coefficient (Wildman–Crippen LogP) is 5.24. The summed E-state index contributed by atoms with van der Waals surface area (Å²) in [6.07, 6.45) is 3.23. The molecule has 0 spiro atoms. The number of nitrogens with zero attached hydrogens (tertiary/aromatic N) is 1. The zero-order valence-electron chi connectivity index (χ0n) is 14.7. The molecule has 1 N–H and O–H groups in total. The second-order valence-electron chi connectivity index (χ2n) is 6.80. The number of rotatable bonds is 4. The van der Waals surface area contributed by atoms with E-state index in [0.29, 0.717) is 5.92 Å². The minimum Gasteiger partial charge on any atom is -0.321 e. The molecule has 4 rings (SSSR count). The third kappa shape index (κ3) is 3.02. The molecule has 3 nitrogen and oxygen atoms in total. The van der Waals surface area contributed by atoms with Crippen molar-refractivity contribution >= 4 is 22.5 Å². The van der Waals surface area contributed by atoms with Gasteiger partial charge in [0.05, 0.1) is 11.1 Å². The normalized spacial score (nSPS) is 13.8. The smallest absolute Gasteiger partial charge is 0.256 e. The van der Waals surface area contributed by atoms with E-state index in [9.17, 15) is 4.79 Å². The minimum atomic E-state index is -0.0514. The van der Waals surface area contributed by atoms with Crippen molar-refractivity contribution < 1.29 is 4.79 Å². The molecular weight excluding hydrogens is 308 g/mol. The van der Waals surface area contributed by atoms with Crippen LogP contribution in [0, 0.1) is 6.92 Å². The summed E-state index contributed by atoms with van der Waals surface area (Å²) in [6, 6.07) is 16.0. The van der Waals surface area contributed by atoms with Crippen LogP contribution in [0.25, 0.3) is 10.9 Å². The van der Waals surface area contributed by atoms with Gasteiger partial charge in [0.15, 0.2) is 0 Å². The van der Waals surface area contributed by atoms with Crippen molar-refractivity contribution in [2.45, 2.75) is 39.0 Å². The van der Waals surface area contributed by atoms with Gasteiger partial charge < -0.3 is 5.32 Å². The summed E-state index contributed by atoms with van der Waals surface area (Å²) >= 11 is 0. The molecular formula is C22H22N2O. The lowest BCUT2D eigenvalue weighted by atomic mass is 10.0. The van der Waals surface area contributed by atoms with E-state index in [1.54, 1.807) is 0 Å². The highest BCUT2D eigenvalue weighted by atomic mass is 16.1. The van der Waals surface area contributed by atoms with Crippen molar-refractivity contribution in [2.24, 2.45) is 0 Å². The van der Waals surface area contributed by atoms with Crippen molar-refractivity contribution in [2.75, 3.05) is 5.32 Å². The second-order valence-corrected chi connectivity index (χ2v) is 6.80. The Hall–Kier alpha value is -2.68. The van der Waals surface area contributed by atoms with Crippen molar-refractivity contribution in [1.82, 2.24) is 4.98 Å². The van der Waals surface area contributed by atoms with Crippen LogP contribution < -0.4 is 5.32 Å². The standard InChI is InChI=1S/C22H22N2O/c1-3-15-8-6-7-14(2)21(15)24-22(25)18-13-20(16-11-12-16)23-19-10-5-4-9-17(18)19/h4-10,13,16H,3,11-12H2,1-2H3,(H,24,25). The minimum absolute atomic E-state index is 0.0514. The van der Waals surface area contributed by atoms with Crippen molar-refractivity contribution in [3.05, 3.63) is 70.9 Å². The van der Waals surface area contributed by atoms with Gasteiger partial charge in [-0.25, -0.2) is 0 Å². The Morgan fingerprint density at radius 1 is 1.16 bits per heavy atom. The summed E-state index contributed by atoms with van der Waals surface area (Å²) < 4.78 is 0. The Balaban J connectivity index is 1.78. The van der Waals surface area contributed by atoms with Gasteiger partial charge in [0.1, 0.15) is 0 Å². The Morgan fingerprint density at radius 2 is 1.96 bits per heavy atom. The Morgan fingerprint density at radius 3 is 2.72 bits per heavy atom. The van der Waals surface area contributed by atoms with Gasteiger partial charge in [-0.1, -0.05) is 43.3 Å². The number of carbonyl (C=O) groups excluding carboxylic acids is 1. The maximum absolute atomic E-state index is 13.1. The summed E-state index contributed by atoms with van der Waals surface area (Å²) in [5, 5.41) is 4.07. The molecule has 1 amide bonds. The molecule has 0 radical (unpaired) electrons. The molecule has 3 aromatic rings. The van der Waals surface area contributed by atoms with E-state index in [2.05, 4.69) is 18.3 Å². The number of nitrogens with one attached hydrogen (secondary N) is 1. The van der Waals surface area contributed by atoms with Crippen LogP contribution >= 0.6 is 0 Å². The molecule has 3 heteroatoms. The fourth-order valence-electron chi connectivity index (χ4n) is 3.35. The third-order valence-electron chi connectivity index (χ3n) is 4.95. The lowest BCUT2D eigenvalue weighted by molar-refractivity contribution is 0.102. The molecule has 0 bridgehead atoms. The SMILES string of the molecule is CCc1cccc(C)c1NC(=O)c1cc(C2CC2)nc2ccccc12. The number of amides is 1. The molecule has 1 heterocycles. The fraction of sp³-hybridized carbons (Fsp3) is 0.273. The average Bonchev–Trinajstić information content (AvgIpc) is 3.47. The number of pyridine rings is 1. The van der Waals surface area contributed by atoms with Gasteiger partial charge in [0.2, 0.25) is 0 Å². The number of anilines is 1. The number of carbonyl (C=O) groups is 1. The van der Waals surface area contributed by atoms with E-state index in [4.69, 9.17) is 4.98 Å². The van der Waals surface area contributed by atoms with Crippen molar-refractivity contribution in [3.63, 3.8) is 0 Å². The number of aryl methyl sites for hydroxylation is 2. The monoisotopic (exact) mass is 330 g/mol. The second kappa shape index (κ2) is 6.32. The van der Waals surface area contributed by atoms with Crippen LogP contribution in [0.1, 0.15) is 52.9 Å². The van der Waals surface area contributed by atoms with E-state index >= 15 is 0 Å². The molecule has 1 aliphatic rings. The first-order chi connectivity index (χ1) is 12.2. The third-order valence-corrected chi connectivity index (χ3v) is 4.95. The van der Waals surface area contributed by atoms with Gasteiger partial charge >= 0.3 is 0 Å². The highest BCUT2D eigenvalue weighted by Crippen LogP contribution is 2.40. The number of hydrogen-bond donors (Lipinski definition) is 1. The van der Waals surface area contributed by atoms with Crippen LogP contribution in [-0.2, 0) is 6.42 Å². The quantitative estimate of drug-likeness (QED) is 0.711. The largest absolute Gasteiger partial charge is 0.321 e. The number of fused-ring (bicyclic) bond motifs is 1. The van der Waals surface area contributed by atoms with Crippen LogP contribution in [0.3, 0.4) is 0 Å². The summed E-state index contributed by atoms with van der Waals surface area (Å²) in [4.78, 5) is 17.9. The average molecular weight is 330 g/mol. The van der Waals surface area contributed by atoms with E-state index in [-0.39, 0.29) is 5.91 Å². The molecule has 0 atom stereocenters. The van der Waals surface area contributed by atoms with Gasteiger partial charge in [-0.2, -0.15) is 0 Å². The molecule has 1 fully saturated rings. The van der Waals surface area contributed by atoms with E-state index in [1.165, 1.54) is 12.8 Å². The summed E-state index contributed by atoms with van der Waals surface area (Å²) in [7, 11) is 0. The van der Waals surface area contributed by atoms with Gasteiger partial charge in [-0.3, -0.25) is 9.78 Å². The van der Waals surface area contributed by atoms with Crippen LogP contribution in [0.2, 0.25) is 0 Å².